The fourth-order valence-electron chi connectivity index (χ4n) is 1.90. The molecule has 4 nitrogen and oxygen atoms in total. The predicted octanol–water partition coefficient (Wildman–Crippen LogP) is 2.06. The average Bonchev–Trinajstić information content (AvgIpc) is 2.83. The van der Waals surface area contributed by atoms with Crippen LogP contribution in [-0.2, 0) is 6.54 Å². The Morgan fingerprint density at radius 1 is 1.53 bits per heavy atom. The number of hydroxylamine groups is 1. The summed E-state index contributed by atoms with van der Waals surface area (Å²) in [5.41, 5.74) is 3.03. The van der Waals surface area contributed by atoms with Gasteiger partial charge < -0.3 is 14.7 Å². The third-order valence-electron chi connectivity index (χ3n) is 2.72. The Balaban J connectivity index is 2.16. The third kappa shape index (κ3) is 3.06. The summed E-state index contributed by atoms with van der Waals surface area (Å²) >= 11 is 1.91. The van der Waals surface area contributed by atoms with Crippen LogP contribution in [0.4, 0.5) is 0 Å². The van der Waals surface area contributed by atoms with Crippen molar-refractivity contribution < 1.29 is 14.7 Å². The number of hydrogen-bond acceptors (Lipinski definition) is 5. The van der Waals surface area contributed by atoms with Crippen molar-refractivity contribution in [1.82, 2.24) is 5.48 Å². The molecule has 1 saturated heterocycles. The molecule has 2 rings (SSSR count). The molecule has 1 atom stereocenters. The van der Waals surface area contributed by atoms with Crippen LogP contribution in [0.2, 0.25) is 0 Å². The van der Waals surface area contributed by atoms with Gasteiger partial charge >= 0.3 is 0 Å². The predicted molar refractivity (Wildman–Crippen MR) is 68.0 cm³/mol. The largest absolute Gasteiger partial charge is 0.493 e. The summed E-state index contributed by atoms with van der Waals surface area (Å²) in [5.74, 6) is 3.65. The quantitative estimate of drug-likeness (QED) is 0.789. The molecule has 0 aromatic heterocycles. The molecule has 94 valence electrons. The van der Waals surface area contributed by atoms with E-state index in [0.29, 0.717) is 12.3 Å². The zero-order valence-corrected chi connectivity index (χ0v) is 10.6. The number of ether oxygens (including phenoxy) is 2. The Morgan fingerprint density at radius 3 is 3.06 bits per heavy atom. The van der Waals surface area contributed by atoms with Gasteiger partial charge in [-0.05, 0) is 18.2 Å². The molecule has 1 aliphatic heterocycles. The molecule has 1 unspecified atom stereocenters. The van der Waals surface area contributed by atoms with Crippen molar-refractivity contribution in [3.8, 4) is 11.5 Å². The smallest absolute Gasteiger partial charge is 0.165 e. The Hall–Kier alpha value is -0.910. The molecule has 2 N–H and O–H groups in total. The Labute approximate surface area is 105 Å². The number of nitrogens with one attached hydrogen (secondary N) is 1. The van der Waals surface area contributed by atoms with Gasteiger partial charge in [0.2, 0.25) is 0 Å². The molecule has 1 heterocycles. The first-order chi connectivity index (χ1) is 8.35. The molecule has 0 bridgehead atoms. The molecule has 1 aliphatic rings. The minimum atomic E-state index is 0.270. The van der Waals surface area contributed by atoms with Gasteiger partial charge in [-0.1, -0.05) is 12.1 Å². The maximum Gasteiger partial charge on any atom is 0.165 e. The van der Waals surface area contributed by atoms with Crippen LogP contribution >= 0.6 is 11.8 Å². The standard InChI is InChI=1S/C12H17NO3S/c1-15-12-9(7-13-14)3-2-4-11(12)16-10-5-6-17-8-10/h2-4,10,13-14H,5-8H2,1H3. The number of methoxy groups -OCH3 is 1. The highest BCUT2D eigenvalue weighted by Crippen LogP contribution is 2.33. The Kier molecular flexibility index (Phi) is 4.53. The van der Waals surface area contributed by atoms with Gasteiger partial charge in [-0.2, -0.15) is 11.8 Å². The summed E-state index contributed by atoms with van der Waals surface area (Å²) in [6.45, 7) is 0.347. The first-order valence-electron chi connectivity index (χ1n) is 5.62. The third-order valence-corrected chi connectivity index (χ3v) is 3.85. The van der Waals surface area contributed by atoms with Gasteiger partial charge in [-0.3, -0.25) is 0 Å². The van der Waals surface area contributed by atoms with Crippen LogP contribution in [0.3, 0.4) is 0 Å². The second-order valence-electron chi connectivity index (χ2n) is 3.89. The van der Waals surface area contributed by atoms with Crippen molar-refractivity contribution in [3.63, 3.8) is 0 Å². The van der Waals surface area contributed by atoms with Gasteiger partial charge in [-0.25, -0.2) is 5.48 Å². The maximum atomic E-state index is 8.77. The molecule has 1 fully saturated rings. The summed E-state index contributed by atoms with van der Waals surface area (Å²) < 4.78 is 11.3. The SMILES string of the molecule is COc1c(CNO)cccc1OC1CCSC1. The number of hydrogen-bond donors (Lipinski definition) is 2. The lowest BCUT2D eigenvalue weighted by molar-refractivity contribution is 0.159. The van der Waals surface area contributed by atoms with Gasteiger partial charge in [0, 0.05) is 17.9 Å². The summed E-state index contributed by atoms with van der Waals surface area (Å²) in [6, 6.07) is 5.72. The van der Waals surface area contributed by atoms with Gasteiger partial charge in [0.25, 0.3) is 0 Å². The van der Waals surface area contributed by atoms with E-state index < -0.39 is 0 Å². The first-order valence-corrected chi connectivity index (χ1v) is 6.78. The highest BCUT2D eigenvalue weighted by Gasteiger charge is 2.19. The highest BCUT2D eigenvalue weighted by atomic mass is 32.2. The molecular weight excluding hydrogens is 238 g/mol. The topological polar surface area (TPSA) is 50.7 Å². The van der Waals surface area contributed by atoms with Crippen LogP contribution < -0.4 is 15.0 Å². The van der Waals surface area contributed by atoms with Crippen LogP contribution in [0, 0.1) is 0 Å². The molecular formula is C12H17NO3S. The fourth-order valence-corrected chi connectivity index (χ4v) is 2.99. The van der Waals surface area contributed by atoms with Crippen molar-refractivity contribution in [2.24, 2.45) is 0 Å². The van der Waals surface area contributed by atoms with Crippen molar-refractivity contribution in [2.75, 3.05) is 18.6 Å². The zero-order valence-electron chi connectivity index (χ0n) is 9.81. The average molecular weight is 255 g/mol. The lowest BCUT2D eigenvalue weighted by atomic mass is 10.2. The number of rotatable bonds is 5. The summed E-state index contributed by atoms with van der Waals surface area (Å²) in [7, 11) is 1.62. The monoisotopic (exact) mass is 255 g/mol. The van der Waals surface area contributed by atoms with Gasteiger partial charge in [0.15, 0.2) is 11.5 Å². The first kappa shape index (κ1) is 12.5. The van der Waals surface area contributed by atoms with Crippen molar-refractivity contribution in [2.45, 2.75) is 19.1 Å². The molecule has 0 aliphatic carbocycles. The number of thioether (sulfide) groups is 1. The molecule has 0 saturated carbocycles. The maximum absolute atomic E-state index is 8.77. The molecule has 1 aromatic rings. The van der Waals surface area contributed by atoms with E-state index in [9.17, 15) is 0 Å². The molecule has 5 heteroatoms. The van der Waals surface area contributed by atoms with Crippen LogP contribution in [0.1, 0.15) is 12.0 Å². The lowest BCUT2D eigenvalue weighted by Gasteiger charge is -2.17. The van der Waals surface area contributed by atoms with Crippen LogP contribution in [0.15, 0.2) is 18.2 Å². The number of para-hydroxylation sites is 1. The normalized spacial score (nSPS) is 19.3. The van der Waals surface area contributed by atoms with Gasteiger partial charge in [0.1, 0.15) is 6.10 Å². The van der Waals surface area contributed by atoms with Crippen molar-refractivity contribution >= 4 is 11.8 Å². The lowest BCUT2D eigenvalue weighted by Crippen LogP contribution is -2.16. The van der Waals surface area contributed by atoms with E-state index in [4.69, 9.17) is 14.7 Å². The molecule has 1 aromatic carbocycles. The summed E-state index contributed by atoms with van der Waals surface area (Å²) in [5, 5.41) is 8.77. The van der Waals surface area contributed by atoms with Crippen LogP contribution in [0.25, 0.3) is 0 Å². The molecule has 0 amide bonds. The molecule has 0 radical (unpaired) electrons. The van der Waals surface area contributed by atoms with E-state index in [1.54, 1.807) is 7.11 Å². The zero-order chi connectivity index (χ0) is 12.1. The second kappa shape index (κ2) is 6.14. The van der Waals surface area contributed by atoms with E-state index in [1.807, 2.05) is 30.0 Å². The van der Waals surface area contributed by atoms with E-state index in [1.165, 1.54) is 0 Å². The van der Waals surface area contributed by atoms with Gasteiger partial charge in [0.05, 0.1) is 7.11 Å². The van der Waals surface area contributed by atoms with E-state index in [-0.39, 0.29) is 6.10 Å². The van der Waals surface area contributed by atoms with Crippen LogP contribution in [-0.4, -0.2) is 29.9 Å². The minimum absolute atomic E-state index is 0.270. The minimum Gasteiger partial charge on any atom is -0.493 e. The molecule has 0 spiro atoms. The van der Waals surface area contributed by atoms with Crippen LogP contribution in [0.5, 0.6) is 11.5 Å². The van der Waals surface area contributed by atoms with E-state index in [0.717, 1.165) is 29.2 Å². The van der Waals surface area contributed by atoms with Gasteiger partial charge in [-0.15, -0.1) is 0 Å². The Morgan fingerprint density at radius 2 is 2.41 bits per heavy atom. The second-order valence-corrected chi connectivity index (χ2v) is 5.04. The highest BCUT2D eigenvalue weighted by molar-refractivity contribution is 7.99. The molecule has 17 heavy (non-hydrogen) atoms. The number of benzene rings is 1. The summed E-state index contributed by atoms with van der Waals surface area (Å²) in [4.78, 5) is 0. The van der Waals surface area contributed by atoms with Crippen molar-refractivity contribution in [1.29, 1.82) is 0 Å². The van der Waals surface area contributed by atoms with E-state index >= 15 is 0 Å². The fraction of sp³-hybridized carbons (Fsp3) is 0.500. The van der Waals surface area contributed by atoms with Crippen molar-refractivity contribution in [3.05, 3.63) is 23.8 Å². The van der Waals surface area contributed by atoms with E-state index in [2.05, 4.69) is 5.48 Å². The Bertz CT molecular complexity index is 367. The summed E-state index contributed by atoms with van der Waals surface area (Å²) in [6.07, 6.45) is 1.35.